The molecule has 3 aromatic heterocycles. The number of fused-ring (bicyclic) bond motifs is 1. The van der Waals surface area contributed by atoms with E-state index < -0.39 is 42.0 Å². The molecular weight excluding hydrogens is 430 g/mol. The van der Waals surface area contributed by atoms with Crippen LogP contribution in [0.5, 0.6) is 5.88 Å². The topological polar surface area (TPSA) is 209 Å². The first-order valence-corrected chi connectivity index (χ1v) is 9.64. The Bertz CT molecular complexity index is 1220. The highest BCUT2D eigenvalue weighted by atomic mass is 32.1. The summed E-state index contributed by atoms with van der Waals surface area (Å²) in [7, 11) is 0. The smallest absolute Gasteiger partial charge is 0.326 e. The first-order chi connectivity index (χ1) is 14.6. The van der Waals surface area contributed by atoms with Crippen molar-refractivity contribution in [1.29, 1.82) is 0 Å². The molecule has 0 aromatic carbocycles. The van der Waals surface area contributed by atoms with Crippen LogP contribution in [0.25, 0.3) is 11.0 Å². The summed E-state index contributed by atoms with van der Waals surface area (Å²) in [5.74, 6) is -4.45. The molecule has 0 aliphatic heterocycles. The lowest BCUT2D eigenvalue weighted by molar-refractivity contribution is -0.140. The number of aryl methyl sites for hydroxylation is 1. The Labute approximate surface area is 177 Å². The van der Waals surface area contributed by atoms with Gasteiger partial charge in [0.2, 0.25) is 17.6 Å². The molecule has 13 heteroatoms. The number of nitrogens with one attached hydrogen (secondary N) is 2. The zero-order valence-electron chi connectivity index (χ0n) is 16.0. The van der Waals surface area contributed by atoms with Crippen molar-refractivity contribution in [3.8, 4) is 5.88 Å². The molecule has 0 bridgehead atoms. The van der Waals surface area contributed by atoms with Gasteiger partial charge in [0.15, 0.2) is 0 Å². The molecule has 12 nitrogen and oxygen atoms in total. The number of aromatic nitrogens is 3. The average molecular weight is 447 g/mol. The molecule has 1 amide bonds. The van der Waals surface area contributed by atoms with Gasteiger partial charge in [-0.05, 0) is 25.0 Å². The zero-order valence-corrected chi connectivity index (χ0v) is 16.8. The number of amides is 1. The van der Waals surface area contributed by atoms with Crippen molar-refractivity contribution < 1.29 is 34.5 Å². The fourth-order valence-electron chi connectivity index (χ4n) is 2.91. The minimum atomic E-state index is -1.39. The molecule has 0 radical (unpaired) electrons. The maximum Gasteiger partial charge on any atom is 0.326 e. The summed E-state index contributed by atoms with van der Waals surface area (Å²) in [4.78, 5) is 58.0. The predicted molar refractivity (Wildman–Crippen MR) is 108 cm³/mol. The second-order valence-electron chi connectivity index (χ2n) is 6.58. The lowest BCUT2D eigenvalue weighted by Gasteiger charge is -2.13. The van der Waals surface area contributed by atoms with Crippen molar-refractivity contribution in [2.75, 3.05) is 5.73 Å². The van der Waals surface area contributed by atoms with Crippen molar-refractivity contribution >= 4 is 51.9 Å². The number of nitrogen functional groups attached to an aromatic ring is 1. The largest absolute Gasteiger partial charge is 0.493 e. The maximum absolute atomic E-state index is 13.0. The molecule has 1 atom stereocenters. The van der Waals surface area contributed by atoms with Crippen LogP contribution >= 0.6 is 11.3 Å². The Morgan fingerprint density at radius 1 is 1.26 bits per heavy atom. The molecule has 0 saturated carbocycles. The highest BCUT2D eigenvalue weighted by Crippen LogP contribution is 2.30. The quantitative estimate of drug-likeness (QED) is 0.269. The number of H-pyrrole nitrogens is 1. The zero-order chi connectivity index (χ0) is 22.9. The minimum absolute atomic E-state index is 0.0746. The number of aromatic amines is 1. The number of carbonyl (C=O) groups is 4. The monoisotopic (exact) mass is 447 g/mol. The van der Waals surface area contributed by atoms with Crippen LogP contribution < -0.4 is 11.1 Å². The number of ketones is 1. The van der Waals surface area contributed by atoms with E-state index in [1.165, 1.54) is 12.3 Å². The summed E-state index contributed by atoms with van der Waals surface area (Å²) in [6.45, 7) is 1.58. The van der Waals surface area contributed by atoms with Gasteiger partial charge in [-0.25, -0.2) is 4.79 Å². The molecule has 0 unspecified atom stereocenters. The van der Waals surface area contributed by atoms with E-state index in [0.717, 1.165) is 11.3 Å². The normalized spacial score (nSPS) is 11.9. The van der Waals surface area contributed by atoms with Crippen LogP contribution in [-0.4, -0.2) is 59.9 Å². The van der Waals surface area contributed by atoms with Gasteiger partial charge in [-0.15, -0.1) is 11.3 Å². The molecule has 31 heavy (non-hydrogen) atoms. The van der Waals surface area contributed by atoms with E-state index in [1.807, 2.05) is 0 Å². The number of hydrogen-bond acceptors (Lipinski definition) is 9. The summed E-state index contributed by atoms with van der Waals surface area (Å²) >= 11 is 0.838. The number of carbonyl (C=O) groups excluding carboxylic acids is 2. The molecule has 3 rings (SSSR count). The molecule has 0 aliphatic rings. The van der Waals surface area contributed by atoms with E-state index in [4.69, 9.17) is 10.8 Å². The number of rotatable bonds is 8. The molecule has 3 aromatic rings. The SMILES string of the molecule is Cc1cc(C(=O)c2c[nH]c3nc(N)nc(O)c23)sc1C(=O)N[C@@H](CCC(=O)O)C(=O)O. The van der Waals surface area contributed by atoms with Gasteiger partial charge >= 0.3 is 11.9 Å². The van der Waals surface area contributed by atoms with Crippen molar-refractivity contribution in [2.45, 2.75) is 25.8 Å². The van der Waals surface area contributed by atoms with Crippen LogP contribution in [0.1, 0.15) is 43.3 Å². The Morgan fingerprint density at radius 2 is 1.97 bits per heavy atom. The van der Waals surface area contributed by atoms with E-state index >= 15 is 0 Å². The Kier molecular flexibility index (Phi) is 5.88. The number of thiophene rings is 1. The van der Waals surface area contributed by atoms with Crippen LogP contribution in [0.3, 0.4) is 0 Å². The number of nitrogens with two attached hydrogens (primary N) is 1. The lowest BCUT2D eigenvalue weighted by Crippen LogP contribution is -2.41. The van der Waals surface area contributed by atoms with Gasteiger partial charge in [0.25, 0.3) is 5.91 Å². The molecule has 0 saturated heterocycles. The van der Waals surface area contributed by atoms with E-state index in [-0.39, 0.29) is 38.7 Å². The third kappa shape index (κ3) is 4.45. The predicted octanol–water partition coefficient (Wildman–Crippen LogP) is 0.894. The lowest BCUT2D eigenvalue weighted by atomic mass is 10.1. The molecule has 0 spiro atoms. The van der Waals surface area contributed by atoms with Crippen LogP contribution in [0.15, 0.2) is 12.3 Å². The summed E-state index contributed by atoms with van der Waals surface area (Å²) in [5.41, 5.74) is 6.14. The number of aromatic hydroxyl groups is 1. The van der Waals surface area contributed by atoms with Crippen molar-refractivity contribution in [3.05, 3.63) is 33.1 Å². The maximum atomic E-state index is 13.0. The number of carboxylic acids is 2. The first kappa shape index (κ1) is 21.7. The second kappa shape index (κ2) is 8.39. The van der Waals surface area contributed by atoms with E-state index in [2.05, 4.69) is 20.3 Å². The molecular formula is C18H17N5O7S. The third-order valence-corrected chi connectivity index (χ3v) is 5.61. The van der Waals surface area contributed by atoms with Crippen molar-refractivity contribution in [1.82, 2.24) is 20.3 Å². The third-order valence-electron chi connectivity index (χ3n) is 4.37. The first-order valence-electron chi connectivity index (χ1n) is 8.82. The van der Waals surface area contributed by atoms with Gasteiger partial charge in [0.1, 0.15) is 11.7 Å². The van der Waals surface area contributed by atoms with Gasteiger partial charge in [0, 0.05) is 12.6 Å². The fourth-order valence-corrected chi connectivity index (χ4v) is 3.94. The van der Waals surface area contributed by atoms with Gasteiger partial charge in [-0.1, -0.05) is 0 Å². The fraction of sp³-hybridized carbons (Fsp3) is 0.222. The molecule has 7 N–H and O–H groups in total. The summed E-state index contributed by atoms with van der Waals surface area (Å²) < 4.78 is 0. The summed E-state index contributed by atoms with van der Waals surface area (Å²) in [6, 6.07) is 0.0700. The number of aliphatic carboxylic acids is 2. The Morgan fingerprint density at radius 3 is 2.61 bits per heavy atom. The van der Waals surface area contributed by atoms with Crippen molar-refractivity contribution in [2.24, 2.45) is 0 Å². The van der Waals surface area contributed by atoms with Crippen LogP contribution in [-0.2, 0) is 9.59 Å². The van der Waals surface area contributed by atoms with E-state index in [9.17, 15) is 29.4 Å². The minimum Gasteiger partial charge on any atom is -0.493 e. The highest BCUT2D eigenvalue weighted by molar-refractivity contribution is 7.16. The van der Waals surface area contributed by atoms with E-state index in [0.29, 0.717) is 5.56 Å². The molecule has 0 aliphatic carbocycles. The highest BCUT2D eigenvalue weighted by Gasteiger charge is 2.26. The van der Waals surface area contributed by atoms with Crippen LogP contribution in [0.2, 0.25) is 0 Å². The summed E-state index contributed by atoms with van der Waals surface area (Å²) in [6.07, 6.45) is 0.618. The van der Waals surface area contributed by atoms with Gasteiger partial charge < -0.3 is 31.4 Å². The van der Waals surface area contributed by atoms with Crippen molar-refractivity contribution in [3.63, 3.8) is 0 Å². The number of hydrogen-bond donors (Lipinski definition) is 6. The molecule has 162 valence electrons. The number of carboxylic acid groups (broad SMARTS) is 2. The molecule has 0 fully saturated rings. The number of anilines is 1. The van der Waals surface area contributed by atoms with Gasteiger partial charge in [-0.3, -0.25) is 14.4 Å². The van der Waals surface area contributed by atoms with Crippen LogP contribution in [0.4, 0.5) is 5.95 Å². The standard InChI is InChI=1S/C18H17N5O7S/c1-6-4-9(12(26)7-5-20-14-11(7)15(27)23-18(19)22-14)31-13(6)16(28)21-8(17(29)30)2-3-10(24)25/h4-5,8H,2-3H2,1H3,(H,21,28)(H,24,25)(H,29,30)(H4,19,20,22,23,27)/t8-/m0/s1. The van der Waals surface area contributed by atoms with Gasteiger partial charge in [0.05, 0.1) is 20.7 Å². The number of nitrogens with zero attached hydrogens (tertiary/aromatic N) is 2. The molecule has 3 heterocycles. The second-order valence-corrected chi connectivity index (χ2v) is 7.63. The average Bonchev–Trinajstić information content (AvgIpc) is 3.27. The van der Waals surface area contributed by atoms with Crippen LogP contribution in [0, 0.1) is 6.92 Å². The Balaban J connectivity index is 1.87. The van der Waals surface area contributed by atoms with Gasteiger partial charge in [-0.2, -0.15) is 9.97 Å². The summed E-state index contributed by atoms with van der Waals surface area (Å²) in [5, 5.41) is 30.3. The van der Waals surface area contributed by atoms with E-state index in [1.54, 1.807) is 6.92 Å². The Hall–Kier alpha value is -4.00.